The van der Waals surface area contributed by atoms with E-state index in [1.54, 1.807) is 13.2 Å². The number of ether oxygens (including phenoxy) is 2. The minimum atomic E-state index is 0.574. The average Bonchev–Trinajstić information content (AvgIpc) is 2.33. The van der Waals surface area contributed by atoms with Crippen LogP contribution in [0.25, 0.3) is 0 Å². The lowest BCUT2D eigenvalue weighted by Crippen LogP contribution is -1.94. The highest BCUT2D eigenvalue weighted by Crippen LogP contribution is 2.34. The van der Waals surface area contributed by atoms with E-state index < -0.39 is 0 Å². The summed E-state index contributed by atoms with van der Waals surface area (Å²) in [7, 11) is 1.60. The van der Waals surface area contributed by atoms with Crippen LogP contribution >= 0.6 is 15.9 Å². The molecule has 0 amide bonds. The molecule has 0 spiro atoms. The SMILES string of the molecule is COc1ccccc1Oc1ccc(Br)cc1N. The van der Waals surface area contributed by atoms with Crippen LogP contribution in [0, 0.1) is 0 Å². The number of nitrogens with two attached hydrogens (primary N) is 1. The normalized spacial score (nSPS) is 10.0. The van der Waals surface area contributed by atoms with Gasteiger partial charge in [0.05, 0.1) is 12.8 Å². The van der Waals surface area contributed by atoms with Gasteiger partial charge < -0.3 is 15.2 Å². The van der Waals surface area contributed by atoms with E-state index in [4.69, 9.17) is 15.2 Å². The van der Waals surface area contributed by atoms with Gasteiger partial charge in [0.1, 0.15) is 0 Å². The highest BCUT2D eigenvalue weighted by Gasteiger charge is 2.06. The maximum Gasteiger partial charge on any atom is 0.169 e. The van der Waals surface area contributed by atoms with Gasteiger partial charge in [-0.2, -0.15) is 0 Å². The molecule has 2 N–H and O–H groups in total. The smallest absolute Gasteiger partial charge is 0.169 e. The van der Waals surface area contributed by atoms with Gasteiger partial charge in [-0.25, -0.2) is 0 Å². The number of rotatable bonds is 3. The van der Waals surface area contributed by atoms with E-state index in [9.17, 15) is 0 Å². The van der Waals surface area contributed by atoms with Crippen molar-refractivity contribution in [2.75, 3.05) is 12.8 Å². The Morgan fingerprint density at radius 3 is 2.35 bits per heavy atom. The number of methoxy groups -OCH3 is 1. The zero-order chi connectivity index (χ0) is 12.3. The molecule has 2 aromatic carbocycles. The van der Waals surface area contributed by atoms with Crippen molar-refractivity contribution in [2.24, 2.45) is 0 Å². The fraction of sp³-hybridized carbons (Fsp3) is 0.0769. The third-order valence-electron chi connectivity index (χ3n) is 2.26. The molecule has 0 fully saturated rings. The second kappa shape index (κ2) is 5.10. The van der Waals surface area contributed by atoms with Gasteiger partial charge in [0.2, 0.25) is 0 Å². The minimum absolute atomic E-state index is 0.574. The molecule has 0 radical (unpaired) electrons. The van der Waals surface area contributed by atoms with Gasteiger partial charge in [-0.1, -0.05) is 28.1 Å². The average molecular weight is 294 g/mol. The standard InChI is InChI=1S/C13H12BrNO2/c1-16-12-4-2-3-5-13(12)17-11-7-6-9(14)8-10(11)15/h2-8H,15H2,1H3. The van der Waals surface area contributed by atoms with E-state index in [1.165, 1.54) is 0 Å². The summed E-state index contributed by atoms with van der Waals surface area (Å²) in [4.78, 5) is 0. The van der Waals surface area contributed by atoms with E-state index >= 15 is 0 Å². The number of benzene rings is 2. The molecular formula is C13H12BrNO2. The van der Waals surface area contributed by atoms with Crippen LogP contribution in [0.2, 0.25) is 0 Å². The van der Waals surface area contributed by atoms with Crippen LogP contribution in [0.1, 0.15) is 0 Å². The minimum Gasteiger partial charge on any atom is -0.493 e. The Bertz CT molecular complexity index is 529. The van der Waals surface area contributed by atoms with Crippen LogP contribution < -0.4 is 15.2 Å². The first kappa shape index (κ1) is 11.8. The van der Waals surface area contributed by atoms with Crippen LogP contribution in [-0.4, -0.2) is 7.11 Å². The van der Waals surface area contributed by atoms with Crippen LogP contribution in [0.5, 0.6) is 17.2 Å². The molecule has 0 aliphatic carbocycles. The van der Waals surface area contributed by atoms with E-state index in [1.807, 2.05) is 36.4 Å². The van der Waals surface area contributed by atoms with Gasteiger partial charge in [-0.3, -0.25) is 0 Å². The van der Waals surface area contributed by atoms with Gasteiger partial charge >= 0.3 is 0 Å². The highest BCUT2D eigenvalue weighted by molar-refractivity contribution is 9.10. The zero-order valence-corrected chi connectivity index (χ0v) is 10.9. The van der Waals surface area contributed by atoms with Gasteiger partial charge in [0.25, 0.3) is 0 Å². The lowest BCUT2D eigenvalue weighted by molar-refractivity contribution is 0.379. The Morgan fingerprint density at radius 2 is 1.71 bits per heavy atom. The van der Waals surface area contributed by atoms with Crippen LogP contribution in [0.15, 0.2) is 46.9 Å². The van der Waals surface area contributed by atoms with Crippen molar-refractivity contribution in [1.29, 1.82) is 0 Å². The van der Waals surface area contributed by atoms with Crippen molar-refractivity contribution in [3.63, 3.8) is 0 Å². The molecular weight excluding hydrogens is 282 g/mol. The summed E-state index contributed by atoms with van der Waals surface area (Å²) in [6.45, 7) is 0. The van der Waals surface area contributed by atoms with Crippen LogP contribution in [0.4, 0.5) is 5.69 Å². The number of anilines is 1. The molecule has 88 valence electrons. The number of hydrogen-bond acceptors (Lipinski definition) is 3. The molecule has 0 saturated heterocycles. The molecule has 3 nitrogen and oxygen atoms in total. The van der Waals surface area contributed by atoms with E-state index in [0.717, 1.165) is 4.47 Å². The summed E-state index contributed by atoms with van der Waals surface area (Å²) < 4.78 is 11.8. The summed E-state index contributed by atoms with van der Waals surface area (Å²) in [6, 6.07) is 12.9. The van der Waals surface area contributed by atoms with Crippen LogP contribution in [-0.2, 0) is 0 Å². The first-order valence-corrected chi connectivity index (χ1v) is 5.86. The predicted molar refractivity (Wildman–Crippen MR) is 71.6 cm³/mol. The first-order chi connectivity index (χ1) is 8.20. The Hall–Kier alpha value is -1.68. The predicted octanol–water partition coefficient (Wildman–Crippen LogP) is 3.83. The fourth-order valence-corrected chi connectivity index (χ4v) is 1.81. The molecule has 0 saturated carbocycles. The quantitative estimate of drug-likeness (QED) is 0.875. The van der Waals surface area contributed by atoms with Crippen molar-refractivity contribution in [3.8, 4) is 17.2 Å². The molecule has 0 aliphatic rings. The number of nitrogen functional groups attached to an aromatic ring is 1. The summed E-state index contributed by atoms with van der Waals surface area (Å²) in [5.74, 6) is 1.93. The molecule has 0 heterocycles. The van der Waals surface area contributed by atoms with Crippen molar-refractivity contribution < 1.29 is 9.47 Å². The third kappa shape index (κ3) is 2.71. The number of hydrogen-bond donors (Lipinski definition) is 1. The summed E-state index contributed by atoms with van der Waals surface area (Å²) >= 11 is 3.35. The maximum atomic E-state index is 5.86. The molecule has 0 unspecified atom stereocenters. The van der Waals surface area contributed by atoms with Crippen molar-refractivity contribution >= 4 is 21.6 Å². The molecule has 0 aromatic heterocycles. The van der Waals surface area contributed by atoms with Crippen LogP contribution in [0.3, 0.4) is 0 Å². The second-order valence-corrected chi connectivity index (χ2v) is 4.35. The monoisotopic (exact) mass is 293 g/mol. The molecule has 4 heteroatoms. The summed E-state index contributed by atoms with van der Waals surface area (Å²) in [5, 5.41) is 0. The lowest BCUT2D eigenvalue weighted by atomic mass is 10.3. The fourth-order valence-electron chi connectivity index (χ4n) is 1.43. The van der Waals surface area contributed by atoms with Gasteiger partial charge in [0, 0.05) is 4.47 Å². The zero-order valence-electron chi connectivity index (χ0n) is 9.31. The van der Waals surface area contributed by atoms with E-state index in [2.05, 4.69) is 15.9 Å². The summed E-state index contributed by atoms with van der Waals surface area (Å²) in [5.41, 5.74) is 6.44. The van der Waals surface area contributed by atoms with Gasteiger partial charge in [0.15, 0.2) is 17.2 Å². The Kier molecular flexibility index (Phi) is 3.54. The highest BCUT2D eigenvalue weighted by atomic mass is 79.9. The summed E-state index contributed by atoms with van der Waals surface area (Å²) in [6.07, 6.45) is 0. The Balaban J connectivity index is 2.31. The Morgan fingerprint density at radius 1 is 1.00 bits per heavy atom. The van der Waals surface area contributed by atoms with Crippen molar-refractivity contribution in [1.82, 2.24) is 0 Å². The molecule has 17 heavy (non-hydrogen) atoms. The molecule has 2 rings (SSSR count). The molecule has 2 aromatic rings. The van der Waals surface area contributed by atoms with E-state index in [0.29, 0.717) is 22.9 Å². The second-order valence-electron chi connectivity index (χ2n) is 3.44. The van der Waals surface area contributed by atoms with Gasteiger partial charge in [-0.15, -0.1) is 0 Å². The molecule has 0 bridgehead atoms. The topological polar surface area (TPSA) is 44.5 Å². The first-order valence-electron chi connectivity index (χ1n) is 5.06. The van der Waals surface area contributed by atoms with Crippen molar-refractivity contribution in [2.45, 2.75) is 0 Å². The third-order valence-corrected chi connectivity index (χ3v) is 2.75. The Labute approximate surface area is 108 Å². The van der Waals surface area contributed by atoms with Gasteiger partial charge in [-0.05, 0) is 30.3 Å². The number of para-hydroxylation sites is 2. The van der Waals surface area contributed by atoms with Crippen molar-refractivity contribution in [3.05, 3.63) is 46.9 Å². The largest absolute Gasteiger partial charge is 0.493 e. The number of halogens is 1. The molecule has 0 aliphatic heterocycles. The lowest BCUT2D eigenvalue weighted by Gasteiger charge is -2.11. The molecule has 0 atom stereocenters. The van der Waals surface area contributed by atoms with E-state index in [-0.39, 0.29) is 0 Å². The maximum absolute atomic E-state index is 5.86.